The molecule has 0 spiro atoms. The zero-order chi connectivity index (χ0) is 23.9. The summed E-state index contributed by atoms with van der Waals surface area (Å²) in [5.41, 5.74) is 1.90. The molecule has 1 unspecified atom stereocenters. The normalized spacial score (nSPS) is 17.5. The second kappa shape index (κ2) is 9.10. The second-order valence-corrected chi connectivity index (χ2v) is 8.78. The van der Waals surface area contributed by atoms with E-state index in [1.165, 1.54) is 24.1 Å². The maximum Gasteiger partial charge on any atom is 0.300 e. The Morgan fingerprint density at radius 1 is 0.970 bits per heavy atom. The van der Waals surface area contributed by atoms with Crippen molar-refractivity contribution in [3.05, 3.63) is 98.0 Å². The molecule has 5 nitrogen and oxygen atoms in total. The molecule has 8 heteroatoms. The summed E-state index contributed by atoms with van der Waals surface area (Å²) < 4.78 is 5.23. The molecule has 1 aliphatic heterocycles. The van der Waals surface area contributed by atoms with Crippen molar-refractivity contribution in [2.24, 2.45) is 0 Å². The van der Waals surface area contributed by atoms with E-state index in [0.29, 0.717) is 27.0 Å². The van der Waals surface area contributed by atoms with Crippen LogP contribution in [-0.4, -0.2) is 23.9 Å². The van der Waals surface area contributed by atoms with Crippen LogP contribution < -0.4 is 9.64 Å². The predicted molar refractivity (Wildman–Crippen MR) is 130 cm³/mol. The zero-order valence-electron chi connectivity index (χ0n) is 17.6. The molecular formula is C25H18Cl3NO4. The van der Waals surface area contributed by atoms with Crippen LogP contribution in [-0.2, 0) is 9.59 Å². The number of methoxy groups -OCH3 is 1. The molecule has 4 rings (SSSR count). The first-order chi connectivity index (χ1) is 15.7. The average Bonchev–Trinajstić information content (AvgIpc) is 3.04. The Bertz CT molecular complexity index is 1300. The van der Waals surface area contributed by atoms with Crippen molar-refractivity contribution in [3.8, 4) is 5.75 Å². The second-order valence-electron chi connectivity index (χ2n) is 7.50. The lowest BCUT2D eigenvalue weighted by molar-refractivity contribution is -0.132. The number of ether oxygens (including phenoxy) is 1. The predicted octanol–water partition coefficient (Wildman–Crippen LogP) is 6.59. The molecular weight excluding hydrogens is 485 g/mol. The summed E-state index contributed by atoms with van der Waals surface area (Å²) in [6.07, 6.45) is 0. The number of aliphatic hydroxyl groups excluding tert-OH is 1. The van der Waals surface area contributed by atoms with Crippen LogP contribution in [0.3, 0.4) is 0 Å². The molecule has 1 N–H and O–H groups in total. The third-order valence-corrected chi connectivity index (χ3v) is 6.25. The number of hydrogen-bond acceptors (Lipinski definition) is 4. The van der Waals surface area contributed by atoms with Crippen LogP contribution in [0.5, 0.6) is 5.75 Å². The van der Waals surface area contributed by atoms with Gasteiger partial charge in [0.15, 0.2) is 0 Å². The molecule has 168 valence electrons. The van der Waals surface area contributed by atoms with E-state index in [1.807, 2.05) is 19.1 Å². The first-order valence-corrected chi connectivity index (χ1v) is 11.0. The van der Waals surface area contributed by atoms with Crippen molar-refractivity contribution in [1.29, 1.82) is 0 Å². The summed E-state index contributed by atoms with van der Waals surface area (Å²) in [7, 11) is 1.47. The molecule has 1 aliphatic rings. The van der Waals surface area contributed by atoms with Crippen LogP contribution >= 0.6 is 34.8 Å². The fraction of sp³-hybridized carbons (Fsp3) is 0.120. The van der Waals surface area contributed by atoms with Gasteiger partial charge in [-0.05, 0) is 54.4 Å². The number of Topliss-reactive ketones (excluding diaryl/α,β-unsaturated/α-hetero) is 1. The molecule has 1 saturated heterocycles. The minimum Gasteiger partial charge on any atom is -0.507 e. The number of hydrogen-bond donors (Lipinski definition) is 1. The molecule has 1 fully saturated rings. The van der Waals surface area contributed by atoms with E-state index >= 15 is 0 Å². The zero-order valence-corrected chi connectivity index (χ0v) is 19.9. The lowest BCUT2D eigenvalue weighted by Crippen LogP contribution is -2.29. The van der Waals surface area contributed by atoms with Crippen molar-refractivity contribution in [3.63, 3.8) is 0 Å². The van der Waals surface area contributed by atoms with E-state index < -0.39 is 23.5 Å². The monoisotopic (exact) mass is 501 g/mol. The van der Waals surface area contributed by atoms with Gasteiger partial charge in [0, 0.05) is 21.3 Å². The number of anilines is 1. The Morgan fingerprint density at radius 2 is 1.64 bits per heavy atom. The number of nitrogens with zero attached hydrogens (tertiary/aromatic N) is 1. The summed E-state index contributed by atoms with van der Waals surface area (Å²) in [4.78, 5) is 27.8. The third-order valence-electron chi connectivity index (χ3n) is 5.48. The molecule has 0 aromatic heterocycles. The van der Waals surface area contributed by atoms with Gasteiger partial charge in [-0.25, -0.2) is 0 Å². The fourth-order valence-corrected chi connectivity index (χ4v) is 4.64. The number of amides is 1. The molecule has 1 atom stereocenters. The average molecular weight is 503 g/mol. The van der Waals surface area contributed by atoms with Crippen molar-refractivity contribution < 1.29 is 19.4 Å². The van der Waals surface area contributed by atoms with Gasteiger partial charge in [0.25, 0.3) is 11.7 Å². The fourth-order valence-electron chi connectivity index (χ4n) is 3.92. The van der Waals surface area contributed by atoms with Crippen molar-refractivity contribution >= 4 is 57.9 Å². The summed E-state index contributed by atoms with van der Waals surface area (Å²) in [6.45, 7) is 1.86. The molecule has 0 saturated carbocycles. The number of carbonyl (C=O) groups is 2. The highest BCUT2D eigenvalue weighted by Gasteiger charge is 2.47. The highest BCUT2D eigenvalue weighted by molar-refractivity contribution is 6.52. The van der Waals surface area contributed by atoms with Gasteiger partial charge >= 0.3 is 0 Å². The summed E-state index contributed by atoms with van der Waals surface area (Å²) >= 11 is 18.7. The summed E-state index contributed by atoms with van der Waals surface area (Å²) in [6, 6.07) is 15.7. The van der Waals surface area contributed by atoms with E-state index in [4.69, 9.17) is 39.5 Å². The maximum atomic E-state index is 13.3. The standard InChI is InChI=1S/C25H18Cl3NO4/c1-13-5-3-4-6-18(13)22-21(23(30)19-12-17(33-2)7-8-20(19)28)24(31)25(32)29(22)16-10-14(26)9-15(27)11-16/h3-12,22,30H,1-2H3/b23-21+. The van der Waals surface area contributed by atoms with Crippen LogP contribution in [0.2, 0.25) is 15.1 Å². The molecule has 0 bridgehead atoms. The van der Waals surface area contributed by atoms with Crippen LogP contribution in [0.15, 0.2) is 66.2 Å². The van der Waals surface area contributed by atoms with Crippen LogP contribution in [0.25, 0.3) is 5.76 Å². The number of aliphatic hydroxyl groups is 1. The summed E-state index contributed by atoms with van der Waals surface area (Å²) in [5, 5.41) is 12.1. The van der Waals surface area contributed by atoms with Gasteiger partial charge in [0.2, 0.25) is 0 Å². The van der Waals surface area contributed by atoms with Crippen LogP contribution in [0.1, 0.15) is 22.7 Å². The topological polar surface area (TPSA) is 66.8 Å². The van der Waals surface area contributed by atoms with Gasteiger partial charge in [-0.15, -0.1) is 0 Å². The van der Waals surface area contributed by atoms with Gasteiger partial charge in [-0.2, -0.15) is 0 Å². The Kier molecular flexibility index (Phi) is 6.39. The van der Waals surface area contributed by atoms with Gasteiger partial charge in [-0.1, -0.05) is 59.1 Å². The van der Waals surface area contributed by atoms with Gasteiger partial charge in [-0.3, -0.25) is 14.5 Å². The van der Waals surface area contributed by atoms with E-state index in [1.54, 1.807) is 36.4 Å². The lowest BCUT2D eigenvalue weighted by Gasteiger charge is -2.27. The molecule has 1 heterocycles. The summed E-state index contributed by atoms with van der Waals surface area (Å²) in [5.74, 6) is -1.64. The quantitative estimate of drug-likeness (QED) is 0.248. The molecule has 3 aromatic rings. The Balaban J connectivity index is 2.02. The van der Waals surface area contributed by atoms with E-state index in [-0.39, 0.29) is 16.2 Å². The Hall–Kier alpha value is -2.99. The molecule has 33 heavy (non-hydrogen) atoms. The van der Waals surface area contributed by atoms with Gasteiger partial charge in [0.1, 0.15) is 11.5 Å². The van der Waals surface area contributed by atoms with E-state index in [9.17, 15) is 14.7 Å². The first kappa shape index (κ1) is 23.2. The number of benzene rings is 3. The largest absolute Gasteiger partial charge is 0.507 e. The Labute approximate surface area is 205 Å². The number of aryl methyl sites for hydroxylation is 1. The van der Waals surface area contributed by atoms with Crippen LogP contribution in [0.4, 0.5) is 5.69 Å². The maximum absolute atomic E-state index is 13.3. The number of rotatable bonds is 4. The van der Waals surface area contributed by atoms with Gasteiger partial charge in [0.05, 0.1) is 23.7 Å². The SMILES string of the molecule is COc1ccc(Cl)c(/C(O)=C2\C(=O)C(=O)N(c3cc(Cl)cc(Cl)c3)C2c2ccccc2C)c1. The highest BCUT2D eigenvalue weighted by atomic mass is 35.5. The molecule has 3 aromatic carbocycles. The van der Waals surface area contributed by atoms with Gasteiger partial charge < -0.3 is 9.84 Å². The minimum absolute atomic E-state index is 0.0967. The van der Waals surface area contributed by atoms with E-state index in [2.05, 4.69) is 0 Å². The van der Waals surface area contributed by atoms with Crippen molar-refractivity contribution in [2.75, 3.05) is 12.0 Å². The smallest absolute Gasteiger partial charge is 0.300 e. The lowest BCUT2D eigenvalue weighted by atomic mass is 9.92. The third kappa shape index (κ3) is 4.20. The Morgan fingerprint density at radius 3 is 2.27 bits per heavy atom. The van der Waals surface area contributed by atoms with E-state index in [0.717, 1.165) is 5.56 Å². The number of halogens is 3. The first-order valence-electron chi connectivity index (χ1n) is 9.89. The minimum atomic E-state index is -0.928. The van der Waals surface area contributed by atoms with Crippen molar-refractivity contribution in [2.45, 2.75) is 13.0 Å². The molecule has 1 amide bonds. The highest BCUT2D eigenvalue weighted by Crippen LogP contribution is 2.45. The molecule has 0 radical (unpaired) electrons. The number of ketones is 1. The van der Waals surface area contributed by atoms with Crippen LogP contribution in [0, 0.1) is 6.92 Å². The number of carbonyl (C=O) groups excluding carboxylic acids is 2. The van der Waals surface area contributed by atoms with Crippen molar-refractivity contribution in [1.82, 2.24) is 0 Å². The molecule has 0 aliphatic carbocycles.